The lowest BCUT2D eigenvalue weighted by Crippen LogP contribution is -2.32. The zero-order chi connectivity index (χ0) is 14.7. The van der Waals surface area contributed by atoms with Gasteiger partial charge in [0.2, 0.25) is 11.2 Å². The number of nitrogens with zero attached hydrogens (tertiary/aromatic N) is 1. The van der Waals surface area contributed by atoms with Crippen molar-refractivity contribution in [2.45, 2.75) is 0 Å². The third-order valence-corrected chi connectivity index (χ3v) is 3.64. The van der Waals surface area contributed by atoms with Crippen LogP contribution in [0.2, 0.25) is 0 Å². The predicted molar refractivity (Wildman–Crippen MR) is 85.9 cm³/mol. The van der Waals surface area contributed by atoms with Crippen LogP contribution in [0.5, 0.6) is 0 Å². The summed E-state index contributed by atoms with van der Waals surface area (Å²) in [7, 11) is 2.07. The summed E-state index contributed by atoms with van der Waals surface area (Å²) in [6.07, 6.45) is 5.00. The Labute approximate surface area is 124 Å². The minimum Gasteiger partial charge on any atom is -0.298 e. The van der Waals surface area contributed by atoms with E-state index in [4.69, 9.17) is 0 Å². The molecule has 2 nitrogen and oxygen atoms in total. The standard InChI is InChI=1S/C19H16NO/c1-20-18(13-11-17-4-2-3-5-19(17)20)12-10-15-6-8-16(14-21)9-7-15/h2-14H,1H3/q+1/b12-10+. The molecule has 0 saturated heterocycles. The largest absolute Gasteiger partial charge is 0.298 e. The molecule has 0 amide bonds. The molecule has 21 heavy (non-hydrogen) atoms. The van der Waals surface area contributed by atoms with Crippen LogP contribution in [0.4, 0.5) is 0 Å². The summed E-state index contributed by atoms with van der Waals surface area (Å²) in [5.74, 6) is 0. The fourth-order valence-corrected chi connectivity index (χ4v) is 2.39. The maximum absolute atomic E-state index is 10.6. The molecule has 0 spiro atoms. The molecule has 1 heterocycles. The fourth-order valence-electron chi connectivity index (χ4n) is 2.39. The van der Waals surface area contributed by atoms with Crippen LogP contribution in [0.3, 0.4) is 0 Å². The van der Waals surface area contributed by atoms with E-state index >= 15 is 0 Å². The lowest BCUT2D eigenvalue weighted by atomic mass is 10.1. The zero-order valence-corrected chi connectivity index (χ0v) is 11.9. The van der Waals surface area contributed by atoms with Gasteiger partial charge in [-0.15, -0.1) is 0 Å². The monoisotopic (exact) mass is 274 g/mol. The molecular weight excluding hydrogens is 258 g/mol. The molecule has 0 bridgehead atoms. The summed E-state index contributed by atoms with van der Waals surface area (Å²) in [5.41, 5.74) is 4.11. The van der Waals surface area contributed by atoms with Gasteiger partial charge in [-0.1, -0.05) is 36.4 Å². The van der Waals surface area contributed by atoms with Crippen LogP contribution in [0.15, 0.2) is 60.7 Å². The molecule has 0 aliphatic rings. The Hall–Kier alpha value is -2.74. The van der Waals surface area contributed by atoms with E-state index < -0.39 is 0 Å². The second kappa shape index (κ2) is 5.71. The van der Waals surface area contributed by atoms with Crippen LogP contribution in [0, 0.1) is 0 Å². The summed E-state index contributed by atoms with van der Waals surface area (Å²) in [6, 6.07) is 20.1. The Morgan fingerprint density at radius 3 is 2.29 bits per heavy atom. The number of benzene rings is 2. The number of aryl methyl sites for hydroxylation is 1. The van der Waals surface area contributed by atoms with Crippen molar-refractivity contribution in [3.63, 3.8) is 0 Å². The van der Waals surface area contributed by atoms with Crippen molar-refractivity contribution in [2.24, 2.45) is 7.05 Å². The summed E-state index contributed by atoms with van der Waals surface area (Å²) < 4.78 is 2.17. The number of carbonyl (C=O) groups is 1. The Bertz CT molecular complexity index is 817. The van der Waals surface area contributed by atoms with Gasteiger partial charge in [-0.25, -0.2) is 0 Å². The molecule has 3 rings (SSSR count). The van der Waals surface area contributed by atoms with E-state index in [-0.39, 0.29) is 0 Å². The topological polar surface area (TPSA) is 20.9 Å². The highest BCUT2D eigenvalue weighted by Crippen LogP contribution is 2.12. The SMILES string of the molecule is C[n+]1c(/C=C/c2ccc(C=O)cc2)ccc2ccccc21. The maximum atomic E-state index is 10.6. The Morgan fingerprint density at radius 2 is 1.52 bits per heavy atom. The van der Waals surface area contributed by atoms with E-state index in [0.29, 0.717) is 5.56 Å². The third kappa shape index (κ3) is 2.75. The number of hydrogen-bond donors (Lipinski definition) is 0. The van der Waals surface area contributed by atoms with Gasteiger partial charge in [-0.3, -0.25) is 4.79 Å². The number of pyridine rings is 1. The minimum absolute atomic E-state index is 0.698. The molecule has 0 unspecified atom stereocenters. The predicted octanol–water partition coefficient (Wildman–Crippen LogP) is 3.65. The van der Waals surface area contributed by atoms with Crippen LogP contribution in [-0.2, 0) is 7.05 Å². The van der Waals surface area contributed by atoms with Gasteiger partial charge in [0.15, 0.2) is 0 Å². The van der Waals surface area contributed by atoms with Crippen molar-refractivity contribution < 1.29 is 9.36 Å². The van der Waals surface area contributed by atoms with Crippen LogP contribution in [0.25, 0.3) is 23.1 Å². The second-order valence-electron chi connectivity index (χ2n) is 4.99. The molecule has 2 aromatic carbocycles. The lowest BCUT2D eigenvalue weighted by molar-refractivity contribution is -0.646. The van der Waals surface area contributed by atoms with Gasteiger partial charge >= 0.3 is 0 Å². The highest BCUT2D eigenvalue weighted by Gasteiger charge is 2.07. The quantitative estimate of drug-likeness (QED) is 0.527. The summed E-state index contributed by atoms with van der Waals surface area (Å²) >= 11 is 0. The Kier molecular flexibility index (Phi) is 3.61. The number of para-hydroxylation sites is 1. The number of fused-ring (bicyclic) bond motifs is 1. The van der Waals surface area contributed by atoms with Gasteiger partial charge in [0.05, 0.1) is 0 Å². The molecule has 0 aliphatic carbocycles. The minimum atomic E-state index is 0.698. The van der Waals surface area contributed by atoms with Gasteiger partial charge in [-0.05, 0) is 23.8 Å². The average Bonchev–Trinajstić information content (AvgIpc) is 2.55. The van der Waals surface area contributed by atoms with E-state index in [0.717, 1.165) is 17.5 Å². The Balaban J connectivity index is 1.95. The highest BCUT2D eigenvalue weighted by atomic mass is 16.1. The normalized spacial score (nSPS) is 11.1. The Morgan fingerprint density at radius 1 is 0.810 bits per heavy atom. The molecule has 2 heteroatoms. The van der Waals surface area contributed by atoms with Crippen molar-refractivity contribution in [2.75, 3.05) is 0 Å². The molecule has 0 saturated carbocycles. The van der Waals surface area contributed by atoms with E-state index in [1.54, 1.807) is 0 Å². The van der Waals surface area contributed by atoms with E-state index in [2.05, 4.69) is 48.0 Å². The second-order valence-corrected chi connectivity index (χ2v) is 4.99. The van der Waals surface area contributed by atoms with Crippen molar-refractivity contribution in [1.82, 2.24) is 0 Å². The number of aromatic nitrogens is 1. The van der Waals surface area contributed by atoms with Crippen molar-refractivity contribution in [1.29, 1.82) is 0 Å². The van der Waals surface area contributed by atoms with Crippen molar-refractivity contribution in [3.05, 3.63) is 77.5 Å². The molecule has 1 aromatic heterocycles. The van der Waals surface area contributed by atoms with E-state index in [1.165, 1.54) is 10.9 Å². The van der Waals surface area contributed by atoms with Gasteiger partial charge in [0, 0.05) is 29.2 Å². The van der Waals surface area contributed by atoms with E-state index in [1.807, 2.05) is 36.4 Å². The number of aldehydes is 1. The average molecular weight is 274 g/mol. The van der Waals surface area contributed by atoms with Crippen LogP contribution < -0.4 is 4.57 Å². The molecule has 0 fully saturated rings. The summed E-state index contributed by atoms with van der Waals surface area (Å²) in [6.45, 7) is 0. The van der Waals surface area contributed by atoms with Crippen LogP contribution in [-0.4, -0.2) is 6.29 Å². The number of hydrogen-bond acceptors (Lipinski definition) is 1. The van der Waals surface area contributed by atoms with Crippen molar-refractivity contribution >= 4 is 29.3 Å². The van der Waals surface area contributed by atoms with Gasteiger partial charge in [-0.2, -0.15) is 4.57 Å². The first-order chi connectivity index (χ1) is 10.3. The molecule has 0 N–H and O–H groups in total. The van der Waals surface area contributed by atoms with Gasteiger partial charge in [0.1, 0.15) is 13.3 Å². The molecule has 3 aromatic rings. The first-order valence-electron chi connectivity index (χ1n) is 6.89. The molecular formula is C19H16NO+. The fraction of sp³-hybridized carbons (Fsp3) is 0.0526. The zero-order valence-electron chi connectivity index (χ0n) is 11.9. The van der Waals surface area contributed by atoms with Crippen LogP contribution in [0.1, 0.15) is 21.6 Å². The maximum Gasteiger partial charge on any atom is 0.212 e. The number of rotatable bonds is 3. The number of carbonyl (C=O) groups excluding carboxylic acids is 1. The third-order valence-electron chi connectivity index (χ3n) is 3.64. The lowest BCUT2D eigenvalue weighted by Gasteiger charge is -2.00. The summed E-state index contributed by atoms with van der Waals surface area (Å²) in [4.78, 5) is 10.6. The van der Waals surface area contributed by atoms with Crippen molar-refractivity contribution in [3.8, 4) is 0 Å². The van der Waals surface area contributed by atoms with E-state index in [9.17, 15) is 4.79 Å². The highest BCUT2D eigenvalue weighted by molar-refractivity contribution is 5.78. The first-order valence-corrected chi connectivity index (χ1v) is 6.89. The smallest absolute Gasteiger partial charge is 0.212 e. The molecule has 0 atom stereocenters. The summed E-state index contributed by atoms with van der Waals surface area (Å²) in [5, 5.41) is 1.23. The first kappa shape index (κ1) is 13.3. The van der Waals surface area contributed by atoms with Gasteiger partial charge in [0.25, 0.3) is 0 Å². The van der Waals surface area contributed by atoms with Crippen LogP contribution >= 0.6 is 0 Å². The molecule has 102 valence electrons. The molecule has 0 aliphatic heterocycles. The molecule has 0 radical (unpaired) electrons. The van der Waals surface area contributed by atoms with Gasteiger partial charge < -0.3 is 0 Å².